The molecule has 21 heavy (non-hydrogen) atoms. The van der Waals surface area contributed by atoms with E-state index in [2.05, 4.69) is 0 Å². The van der Waals surface area contributed by atoms with Gasteiger partial charge in [-0.2, -0.15) is 0 Å². The Hall–Kier alpha value is -2.68. The van der Waals surface area contributed by atoms with Crippen LogP contribution in [0.3, 0.4) is 0 Å². The fourth-order valence-electron chi connectivity index (χ4n) is 1.97. The highest BCUT2D eigenvalue weighted by atomic mass is 16.5. The van der Waals surface area contributed by atoms with Crippen LogP contribution in [-0.2, 0) is 4.79 Å². The number of allylic oxidation sites excluding steroid dienone is 1. The van der Waals surface area contributed by atoms with Crippen LogP contribution in [0.1, 0.15) is 22.8 Å². The highest BCUT2D eigenvalue weighted by Crippen LogP contribution is 2.20. The lowest BCUT2D eigenvalue weighted by Crippen LogP contribution is -2.04. The zero-order chi connectivity index (χ0) is 15.1. The Morgan fingerprint density at radius 3 is 2.38 bits per heavy atom. The molecular formula is C18H16O3. The highest BCUT2D eigenvalue weighted by Gasteiger charge is 2.06. The Morgan fingerprint density at radius 1 is 1.05 bits per heavy atom. The van der Waals surface area contributed by atoms with Gasteiger partial charge in [-0.25, -0.2) is 0 Å². The van der Waals surface area contributed by atoms with Gasteiger partial charge in [0.15, 0.2) is 12.1 Å². The maximum atomic E-state index is 11.4. The summed E-state index contributed by atoms with van der Waals surface area (Å²) < 4.78 is 5.69. The third-order valence-electron chi connectivity index (χ3n) is 2.95. The molecule has 0 unspecified atom stereocenters. The van der Waals surface area contributed by atoms with Gasteiger partial charge in [0, 0.05) is 5.57 Å². The molecule has 0 aliphatic heterocycles. The van der Waals surface area contributed by atoms with Crippen molar-refractivity contribution >= 4 is 17.6 Å². The maximum absolute atomic E-state index is 11.4. The second kappa shape index (κ2) is 7.20. The summed E-state index contributed by atoms with van der Waals surface area (Å²) in [5.41, 5.74) is 2.20. The van der Waals surface area contributed by atoms with Crippen LogP contribution in [0, 0.1) is 0 Å². The van der Waals surface area contributed by atoms with Crippen LogP contribution in [-0.4, -0.2) is 18.7 Å². The number of para-hydroxylation sites is 1. The van der Waals surface area contributed by atoms with E-state index in [0.29, 0.717) is 11.3 Å². The lowest BCUT2D eigenvalue weighted by atomic mass is 10.1. The van der Waals surface area contributed by atoms with Gasteiger partial charge in [-0.3, -0.25) is 9.59 Å². The summed E-state index contributed by atoms with van der Waals surface area (Å²) >= 11 is 0. The van der Waals surface area contributed by atoms with Crippen LogP contribution in [0.4, 0.5) is 0 Å². The Labute approximate surface area is 123 Å². The van der Waals surface area contributed by atoms with Gasteiger partial charge >= 0.3 is 0 Å². The predicted molar refractivity (Wildman–Crippen MR) is 82.4 cm³/mol. The Morgan fingerprint density at radius 2 is 1.71 bits per heavy atom. The molecule has 2 rings (SSSR count). The van der Waals surface area contributed by atoms with Crippen molar-refractivity contribution in [1.82, 2.24) is 0 Å². The first-order valence-electron chi connectivity index (χ1n) is 6.64. The summed E-state index contributed by atoms with van der Waals surface area (Å²) in [6.45, 7) is 1.73. The van der Waals surface area contributed by atoms with E-state index in [1.165, 1.54) is 6.92 Å². The molecule has 0 atom stereocenters. The molecule has 0 amide bonds. The summed E-state index contributed by atoms with van der Waals surface area (Å²) in [7, 11) is 0. The van der Waals surface area contributed by atoms with Crippen LogP contribution >= 0.6 is 0 Å². The molecule has 0 bridgehead atoms. The number of ether oxygens (including phenoxy) is 1. The molecule has 0 aliphatic carbocycles. The van der Waals surface area contributed by atoms with Gasteiger partial charge in [0.05, 0.1) is 5.56 Å². The van der Waals surface area contributed by atoms with Gasteiger partial charge in [-0.05, 0) is 30.7 Å². The van der Waals surface area contributed by atoms with Crippen molar-refractivity contribution in [3.8, 4) is 5.75 Å². The quantitative estimate of drug-likeness (QED) is 0.600. The molecule has 0 aromatic heterocycles. The van der Waals surface area contributed by atoms with E-state index in [0.717, 1.165) is 17.4 Å². The second-order valence-electron chi connectivity index (χ2n) is 4.59. The normalized spacial score (nSPS) is 11.0. The summed E-state index contributed by atoms with van der Waals surface area (Å²) in [6, 6.07) is 16.6. The maximum Gasteiger partial charge on any atom is 0.153 e. The topological polar surface area (TPSA) is 43.4 Å². The molecule has 0 radical (unpaired) electrons. The Kier molecular flexibility index (Phi) is 5.04. The minimum absolute atomic E-state index is 0.0406. The molecule has 0 saturated carbocycles. The van der Waals surface area contributed by atoms with E-state index in [1.54, 1.807) is 30.3 Å². The number of carbonyl (C=O) groups is 2. The number of ketones is 1. The van der Waals surface area contributed by atoms with E-state index in [-0.39, 0.29) is 12.4 Å². The molecule has 2 aromatic rings. The van der Waals surface area contributed by atoms with E-state index in [4.69, 9.17) is 4.74 Å². The number of rotatable bonds is 6. The van der Waals surface area contributed by atoms with Crippen molar-refractivity contribution < 1.29 is 14.3 Å². The number of benzene rings is 2. The minimum atomic E-state index is -0.0406. The molecule has 3 heteroatoms. The zero-order valence-electron chi connectivity index (χ0n) is 11.8. The number of aldehydes is 1. The van der Waals surface area contributed by atoms with Crippen LogP contribution in [0.2, 0.25) is 0 Å². The SMILES string of the molecule is CC(=O)/C=C(/COc1ccccc1C=O)c1ccccc1. The van der Waals surface area contributed by atoms with Crippen molar-refractivity contribution in [2.45, 2.75) is 6.92 Å². The van der Waals surface area contributed by atoms with Crippen molar-refractivity contribution in [3.63, 3.8) is 0 Å². The number of hydrogen-bond acceptors (Lipinski definition) is 3. The van der Waals surface area contributed by atoms with Gasteiger partial charge in [0.25, 0.3) is 0 Å². The Balaban J connectivity index is 2.21. The number of hydrogen-bond donors (Lipinski definition) is 0. The molecule has 0 aliphatic rings. The third kappa shape index (κ3) is 4.14. The Bertz CT molecular complexity index is 657. The first-order valence-corrected chi connectivity index (χ1v) is 6.64. The molecule has 0 N–H and O–H groups in total. The summed E-state index contributed by atoms with van der Waals surface area (Å²) in [6.07, 6.45) is 2.31. The lowest BCUT2D eigenvalue weighted by Gasteiger charge is -2.11. The summed E-state index contributed by atoms with van der Waals surface area (Å²) in [5, 5.41) is 0. The highest BCUT2D eigenvalue weighted by molar-refractivity contribution is 5.95. The molecular weight excluding hydrogens is 264 g/mol. The van der Waals surface area contributed by atoms with Crippen LogP contribution < -0.4 is 4.74 Å². The largest absolute Gasteiger partial charge is 0.488 e. The lowest BCUT2D eigenvalue weighted by molar-refractivity contribution is -0.112. The average molecular weight is 280 g/mol. The molecule has 0 saturated heterocycles. The monoisotopic (exact) mass is 280 g/mol. The fraction of sp³-hybridized carbons (Fsp3) is 0.111. The first-order chi connectivity index (χ1) is 10.2. The van der Waals surface area contributed by atoms with Crippen molar-refractivity contribution in [3.05, 3.63) is 71.8 Å². The van der Waals surface area contributed by atoms with E-state index in [9.17, 15) is 9.59 Å². The van der Waals surface area contributed by atoms with Crippen LogP contribution in [0.5, 0.6) is 5.75 Å². The van der Waals surface area contributed by atoms with Crippen LogP contribution in [0.25, 0.3) is 5.57 Å². The van der Waals surface area contributed by atoms with Gasteiger partial charge in [-0.1, -0.05) is 42.5 Å². The smallest absolute Gasteiger partial charge is 0.153 e. The van der Waals surface area contributed by atoms with Gasteiger partial charge in [0.1, 0.15) is 12.4 Å². The van der Waals surface area contributed by atoms with Gasteiger partial charge in [-0.15, -0.1) is 0 Å². The standard InChI is InChI=1S/C18H16O3/c1-14(20)11-17(15-7-3-2-4-8-15)13-21-18-10-6-5-9-16(18)12-19/h2-12H,13H2,1H3/b17-11-. The fourth-order valence-corrected chi connectivity index (χ4v) is 1.97. The average Bonchev–Trinajstić information content (AvgIpc) is 2.52. The second-order valence-corrected chi connectivity index (χ2v) is 4.59. The van der Waals surface area contributed by atoms with Gasteiger partial charge in [0.2, 0.25) is 0 Å². The predicted octanol–water partition coefficient (Wildman–Crippen LogP) is 3.55. The third-order valence-corrected chi connectivity index (χ3v) is 2.95. The van der Waals surface area contributed by atoms with E-state index in [1.807, 2.05) is 30.3 Å². The summed E-state index contributed by atoms with van der Waals surface area (Å²) in [5.74, 6) is 0.471. The summed E-state index contributed by atoms with van der Waals surface area (Å²) in [4.78, 5) is 22.3. The van der Waals surface area contributed by atoms with Crippen molar-refractivity contribution in [1.29, 1.82) is 0 Å². The molecule has 0 spiro atoms. The van der Waals surface area contributed by atoms with Crippen molar-refractivity contribution in [2.75, 3.05) is 6.61 Å². The molecule has 3 nitrogen and oxygen atoms in total. The van der Waals surface area contributed by atoms with E-state index < -0.39 is 0 Å². The molecule has 106 valence electrons. The first kappa shape index (κ1) is 14.7. The minimum Gasteiger partial charge on any atom is -0.488 e. The zero-order valence-corrected chi connectivity index (χ0v) is 11.8. The van der Waals surface area contributed by atoms with Crippen LogP contribution in [0.15, 0.2) is 60.7 Å². The van der Waals surface area contributed by atoms with E-state index >= 15 is 0 Å². The molecule has 2 aromatic carbocycles. The molecule has 0 fully saturated rings. The number of carbonyl (C=O) groups excluding carboxylic acids is 2. The van der Waals surface area contributed by atoms with Crippen molar-refractivity contribution in [2.24, 2.45) is 0 Å². The van der Waals surface area contributed by atoms with Gasteiger partial charge < -0.3 is 4.74 Å². The molecule has 0 heterocycles.